The molecule has 1 atom stereocenters. The van der Waals surface area contributed by atoms with Gasteiger partial charge in [0.25, 0.3) is 5.91 Å². The summed E-state index contributed by atoms with van der Waals surface area (Å²) in [6, 6.07) is 10.8. The number of ether oxygens (including phenoxy) is 1. The van der Waals surface area contributed by atoms with Gasteiger partial charge in [0.1, 0.15) is 0 Å². The molecule has 2 aromatic rings. The Labute approximate surface area is 187 Å². The van der Waals surface area contributed by atoms with E-state index in [1.54, 1.807) is 18.2 Å². The van der Waals surface area contributed by atoms with Gasteiger partial charge in [0.05, 0.1) is 10.5 Å². The van der Waals surface area contributed by atoms with E-state index >= 15 is 0 Å². The molecule has 166 valence electrons. The molecule has 1 unspecified atom stereocenters. The fourth-order valence-electron chi connectivity index (χ4n) is 3.28. The topological polar surface area (TPSA) is 92.8 Å². The molecule has 9 heteroatoms. The zero-order valence-electron chi connectivity index (χ0n) is 17.4. The molecule has 1 heterocycles. The minimum atomic E-state index is -3.68. The molecule has 31 heavy (non-hydrogen) atoms. The normalized spacial score (nSPS) is 15.8. The van der Waals surface area contributed by atoms with E-state index in [0.29, 0.717) is 23.8 Å². The number of aryl methyl sites for hydroxylation is 1. The SMILES string of the molecule is Cc1ccc(Cl)cc1NC(=O)C(C)OC(=O)c1cccc(S(=O)(=O)N2CCCCC2)c1. The number of carbonyl (C=O) groups is 2. The van der Waals surface area contributed by atoms with Crippen molar-refractivity contribution in [3.8, 4) is 0 Å². The van der Waals surface area contributed by atoms with Gasteiger partial charge in [-0.15, -0.1) is 0 Å². The van der Waals surface area contributed by atoms with Crippen molar-refractivity contribution in [3.05, 3.63) is 58.6 Å². The highest BCUT2D eigenvalue weighted by Crippen LogP contribution is 2.23. The largest absolute Gasteiger partial charge is 0.449 e. The molecular formula is C22H25ClN2O5S. The molecule has 3 rings (SSSR count). The number of piperidine rings is 1. The van der Waals surface area contributed by atoms with Gasteiger partial charge in [-0.1, -0.05) is 30.2 Å². The third-order valence-corrected chi connectivity index (χ3v) is 7.26. The van der Waals surface area contributed by atoms with Gasteiger partial charge in [-0.05, 0) is 62.6 Å². The Kier molecular flexibility index (Phi) is 7.35. The Morgan fingerprint density at radius 3 is 2.52 bits per heavy atom. The molecule has 0 aromatic heterocycles. The molecule has 0 spiro atoms. The summed E-state index contributed by atoms with van der Waals surface area (Å²) in [6.07, 6.45) is 1.56. The summed E-state index contributed by atoms with van der Waals surface area (Å²) in [5, 5.41) is 3.15. The van der Waals surface area contributed by atoms with E-state index in [1.807, 2.05) is 6.92 Å². The second kappa shape index (κ2) is 9.80. The molecule has 0 aliphatic carbocycles. The van der Waals surface area contributed by atoms with Crippen molar-refractivity contribution in [1.82, 2.24) is 4.31 Å². The number of esters is 1. The molecule has 1 aliphatic rings. The van der Waals surface area contributed by atoms with E-state index in [4.69, 9.17) is 16.3 Å². The number of halogens is 1. The first kappa shape index (κ1) is 23.2. The number of nitrogens with zero attached hydrogens (tertiary/aromatic N) is 1. The van der Waals surface area contributed by atoms with Crippen LogP contribution < -0.4 is 5.32 Å². The number of sulfonamides is 1. The smallest absolute Gasteiger partial charge is 0.338 e. The van der Waals surface area contributed by atoms with E-state index in [1.165, 1.54) is 35.5 Å². The summed E-state index contributed by atoms with van der Waals surface area (Å²) < 4.78 is 32.4. The minimum Gasteiger partial charge on any atom is -0.449 e. The number of benzene rings is 2. The second-order valence-electron chi connectivity index (χ2n) is 7.49. The average Bonchev–Trinajstić information content (AvgIpc) is 2.76. The van der Waals surface area contributed by atoms with Crippen molar-refractivity contribution in [1.29, 1.82) is 0 Å². The van der Waals surface area contributed by atoms with Crippen molar-refractivity contribution >= 4 is 39.2 Å². The molecule has 1 fully saturated rings. The Morgan fingerprint density at radius 1 is 1.10 bits per heavy atom. The standard InChI is InChI=1S/C22H25ClN2O5S/c1-15-9-10-18(23)14-20(15)24-21(26)16(2)30-22(27)17-7-6-8-19(13-17)31(28,29)25-11-4-3-5-12-25/h6-10,13-14,16H,3-5,11-12H2,1-2H3,(H,24,26). The molecule has 1 saturated heterocycles. The predicted molar refractivity (Wildman–Crippen MR) is 119 cm³/mol. The summed E-state index contributed by atoms with van der Waals surface area (Å²) in [6.45, 7) is 4.20. The highest BCUT2D eigenvalue weighted by molar-refractivity contribution is 7.89. The van der Waals surface area contributed by atoms with Gasteiger partial charge >= 0.3 is 5.97 Å². The zero-order chi connectivity index (χ0) is 22.6. The van der Waals surface area contributed by atoms with Gasteiger partial charge in [0.15, 0.2) is 6.10 Å². The van der Waals surface area contributed by atoms with Crippen LogP contribution >= 0.6 is 11.6 Å². The van der Waals surface area contributed by atoms with Crippen LogP contribution in [0.5, 0.6) is 0 Å². The number of rotatable bonds is 6. The van der Waals surface area contributed by atoms with Gasteiger partial charge in [0, 0.05) is 23.8 Å². The van der Waals surface area contributed by atoms with E-state index in [0.717, 1.165) is 24.8 Å². The maximum Gasteiger partial charge on any atom is 0.338 e. The van der Waals surface area contributed by atoms with Gasteiger partial charge in [-0.2, -0.15) is 4.31 Å². The van der Waals surface area contributed by atoms with Crippen LogP contribution in [0.2, 0.25) is 5.02 Å². The van der Waals surface area contributed by atoms with Gasteiger partial charge in [0.2, 0.25) is 10.0 Å². The number of carbonyl (C=O) groups excluding carboxylic acids is 2. The predicted octanol–water partition coefficient (Wildman–Crippen LogP) is 4.01. The molecule has 1 amide bonds. The van der Waals surface area contributed by atoms with Crippen molar-refractivity contribution in [2.75, 3.05) is 18.4 Å². The van der Waals surface area contributed by atoms with E-state index in [-0.39, 0.29) is 10.5 Å². The third-order valence-electron chi connectivity index (χ3n) is 5.13. The molecule has 0 radical (unpaired) electrons. The molecule has 2 aromatic carbocycles. The first-order chi connectivity index (χ1) is 14.7. The number of hydrogen-bond donors (Lipinski definition) is 1. The fourth-order valence-corrected chi connectivity index (χ4v) is 5.02. The van der Waals surface area contributed by atoms with Crippen LogP contribution in [0.4, 0.5) is 5.69 Å². The Morgan fingerprint density at radius 2 is 1.81 bits per heavy atom. The first-order valence-corrected chi connectivity index (χ1v) is 11.9. The quantitative estimate of drug-likeness (QED) is 0.652. The molecule has 0 saturated carbocycles. The highest BCUT2D eigenvalue weighted by Gasteiger charge is 2.27. The third kappa shape index (κ3) is 5.64. The lowest BCUT2D eigenvalue weighted by Gasteiger charge is -2.26. The molecule has 1 aliphatic heterocycles. The Hall–Kier alpha value is -2.42. The lowest BCUT2D eigenvalue weighted by Crippen LogP contribution is -2.35. The van der Waals surface area contributed by atoms with E-state index in [2.05, 4.69) is 5.32 Å². The van der Waals surface area contributed by atoms with Crippen LogP contribution in [0.15, 0.2) is 47.4 Å². The van der Waals surface area contributed by atoms with Crippen LogP contribution in [0, 0.1) is 6.92 Å². The molecule has 0 bridgehead atoms. The van der Waals surface area contributed by atoms with Crippen LogP contribution in [0.1, 0.15) is 42.1 Å². The van der Waals surface area contributed by atoms with E-state index < -0.39 is 28.0 Å². The molecular weight excluding hydrogens is 440 g/mol. The first-order valence-electron chi connectivity index (χ1n) is 10.1. The average molecular weight is 465 g/mol. The number of amides is 1. The van der Waals surface area contributed by atoms with Crippen molar-refractivity contribution in [2.24, 2.45) is 0 Å². The zero-order valence-corrected chi connectivity index (χ0v) is 19.0. The van der Waals surface area contributed by atoms with Crippen LogP contribution in [-0.4, -0.2) is 43.8 Å². The number of hydrogen-bond acceptors (Lipinski definition) is 5. The number of nitrogens with one attached hydrogen (secondary N) is 1. The number of anilines is 1. The Balaban J connectivity index is 1.69. The van der Waals surface area contributed by atoms with Gasteiger partial charge in [-0.25, -0.2) is 13.2 Å². The lowest BCUT2D eigenvalue weighted by atomic mass is 10.2. The summed E-state index contributed by atoms with van der Waals surface area (Å²) in [4.78, 5) is 25.0. The van der Waals surface area contributed by atoms with Crippen LogP contribution in [0.3, 0.4) is 0 Å². The Bertz CT molecular complexity index is 1080. The fraction of sp³-hybridized carbons (Fsp3) is 0.364. The summed E-state index contributed by atoms with van der Waals surface area (Å²) in [7, 11) is -3.68. The van der Waals surface area contributed by atoms with Gasteiger partial charge in [-0.3, -0.25) is 4.79 Å². The van der Waals surface area contributed by atoms with Crippen LogP contribution in [-0.2, 0) is 19.6 Å². The van der Waals surface area contributed by atoms with Crippen molar-refractivity contribution < 1.29 is 22.7 Å². The van der Waals surface area contributed by atoms with Crippen LogP contribution in [0.25, 0.3) is 0 Å². The van der Waals surface area contributed by atoms with Gasteiger partial charge < -0.3 is 10.1 Å². The summed E-state index contributed by atoms with van der Waals surface area (Å²) in [5.41, 5.74) is 1.40. The maximum atomic E-state index is 12.9. The molecule has 7 nitrogen and oxygen atoms in total. The van der Waals surface area contributed by atoms with E-state index in [9.17, 15) is 18.0 Å². The summed E-state index contributed by atoms with van der Waals surface area (Å²) >= 11 is 5.96. The van der Waals surface area contributed by atoms with Crippen molar-refractivity contribution in [3.63, 3.8) is 0 Å². The monoisotopic (exact) mass is 464 g/mol. The van der Waals surface area contributed by atoms with Crippen molar-refractivity contribution in [2.45, 2.75) is 44.1 Å². The summed E-state index contributed by atoms with van der Waals surface area (Å²) in [5.74, 6) is -1.29. The maximum absolute atomic E-state index is 12.9. The second-order valence-corrected chi connectivity index (χ2v) is 9.86. The minimum absolute atomic E-state index is 0.0375. The molecule has 1 N–H and O–H groups in total. The highest BCUT2D eigenvalue weighted by atomic mass is 35.5. The lowest BCUT2D eigenvalue weighted by molar-refractivity contribution is -0.123.